The minimum atomic E-state index is -1.12. The Hall–Kier alpha value is -3.54. The number of esters is 1. The van der Waals surface area contributed by atoms with E-state index in [-0.39, 0.29) is 29.9 Å². The minimum absolute atomic E-state index is 0.0217. The molecule has 1 aromatic rings. The third kappa shape index (κ3) is 14.1. The maximum atomic E-state index is 12.7. The van der Waals surface area contributed by atoms with Crippen LogP contribution in [0, 0.1) is 5.92 Å². The average Bonchev–Trinajstić information content (AvgIpc) is 2.77. The number of benzene rings is 1. The molecule has 0 aliphatic heterocycles. The topological polar surface area (TPSA) is 159 Å². The lowest BCUT2D eigenvalue weighted by Crippen LogP contribution is -2.39. The van der Waals surface area contributed by atoms with E-state index in [1.807, 2.05) is 13.8 Å². The molecule has 0 spiro atoms. The Labute approximate surface area is 242 Å². The van der Waals surface area contributed by atoms with E-state index in [1.54, 1.807) is 62.3 Å². The largest absolute Gasteiger partial charge is 0.514 e. The van der Waals surface area contributed by atoms with Gasteiger partial charge in [-0.05, 0) is 92.3 Å². The number of rotatable bonds is 10. The van der Waals surface area contributed by atoms with Gasteiger partial charge in [0.2, 0.25) is 0 Å². The summed E-state index contributed by atoms with van der Waals surface area (Å²) in [6.45, 7) is 18.7. The molecule has 4 atom stereocenters. The van der Waals surface area contributed by atoms with E-state index in [1.165, 1.54) is 18.2 Å². The fourth-order valence-corrected chi connectivity index (χ4v) is 2.83. The van der Waals surface area contributed by atoms with Crippen molar-refractivity contribution >= 4 is 24.4 Å². The van der Waals surface area contributed by atoms with Crippen LogP contribution in [0.15, 0.2) is 18.2 Å². The molecule has 0 fully saturated rings. The number of hydrogen-bond donors (Lipinski definition) is 1. The molecule has 0 aromatic heterocycles. The van der Waals surface area contributed by atoms with Gasteiger partial charge < -0.3 is 38.9 Å². The Morgan fingerprint density at radius 3 is 1.63 bits per heavy atom. The molecule has 0 saturated carbocycles. The van der Waals surface area contributed by atoms with E-state index < -0.39 is 53.9 Å². The van der Waals surface area contributed by atoms with Crippen LogP contribution in [0.2, 0.25) is 0 Å². The van der Waals surface area contributed by atoms with Crippen molar-refractivity contribution in [1.29, 1.82) is 0 Å². The van der Waals surface area contributed by atoms with Gasteiger partial charge in [0.15, 0.2) is 11.5 Å². The standard InChI is InChI=1S/C29H45NO11/c1-16(2)17(3)36-25(32)37-19(5)18(4)35-24(31)21(30)14-20-12-13-22(38-26(33)40-28(6,7)8)23(15-20)39-27(34)41-29(9,10)11/h12-13,15-19,21H,14,30H2,1-11H3/t17?,18-,19?,21-/m0/s1. The van der Waals surface area contributed by atoms with E-state index in [0.29, 0.717) is 5.56 Å². The van der Waals surface area contributed by atoms with Crippen molar-refractivity contribution in [3.63, 3.8) is 0 Å². The lowest BCUT2D eigenvalue weighted by atomic mass is 10.1. The van der Waals surface area contributed by atoms with Crippen LogP contribution in [-0.4, -0.2) is 60.0 Å². The maximum absolute atomic E-state index is 12.7. The first kappa shape index (κ1) is 35.5. The number of hydrogen-bond acceptors (Lipinski definition) is 12. The SMILES string of the molecule is CC(C)C(C)OC(=O)OC(C)[C@H](C)OC(=O)[C@@H](N)Cc1ccc(OC(=O)OC(C)(C)C)c(OC(=O)OC(C)(C)C)c1. The Bertz CT molecular complexity index is 1060. The van der Waals surface area contributed by atoms with Crippen molar-refractivity contribution in [3.8, 4) is 11.5 Å². The summed E-state index contributed by atoms with van der Waals surface area (Å²) in [5.74, 6) is -0.893. The lowest BCUT2D eigenvalue weighted by molar-refractivity contribution is -0.155. The quantitative estimate of drug-likeness (QED) is 0.204. The van der Waals surface area contributed by atoms with Crippen molar-refractivity contribution in [3.05, 3.63) is 23.8 Å². The van der Waals surface area contributed by atoms with Crippen LogP contribution in [0.1, 0.15) is 81.7 Å². The number of nitrogens with two attached hydrogens (primary N) is 1. The molecule has 2 N–H and O–H groups in total. The summed E-state index contributed by atoms with van der Waals surface area (Å²) < 4.78 is 36.7. The molecule has 0 heterocycles. The van der Waals surface area contributed by atoms with E-state index in [0.717, 1.165) is 0 Å². The van der Waals surface area contributed by atoms with Crippen LogP contribution >= 0.6 is 0 Å². The van der Waals surface area contributed by atoms with Crippen molar-refractivity contribution in [2.45, 2.75) is 118 Å². The fraction of sp³-hybridized carbons (Fsp3) is 0.655. The van der Waals surface area contributed by atoms with Crippen LogP contribution < -0.4 is 15.2 Å². The third-order valence-corrected chi connectivity index (χ3v) is 5.40. The summed E-state index contributed by atoms with van der Waals surface area (Å²) in [7, 11) is 0. The van der Waals surface area contributed by atoms with Crippen LogP contribution in [0.3, 0.4) is 0 Å². The van der Waals surface area contributed by atoms with Crippen LogP contribution in [0.4, 0.5) is 14.4 Å². The number of ether oxygens (including phenoxy) is 7. The molecule has 2 unspecified atom stereocenters. The molecule has 0 aliphatic rings. The molecule has 0 saturated heterocycles. The van der Waals surface area contributed by atoms with Crippen molar-refractivity contribution in [1.82, 2.24) is 0 Å². The molecule has 0 amide bonds. The zero-order chi connectivity index (χ0) is 31.7. The predicted molar refractivity (Wildman–Crippen MR) is 149 cm³/mol. The Kier molecular flexibility index (Phi) is 12.9. The van der Waals surface area contributed by atoms with E-state index in [2.05, 4.69) is 0 Å². The van der Waals surface area contributed by atoms with Crippen molar-refractivity contribution in [2.24, 2.45) is 11.7 Å². The second-order valence-corrected chi connectivity index (χ2v) is 12.0. The Morgan fingerprint density at radius 1 is 0.683 bits per heavy atom. The summed E-state index contributed by atoms with van der Waals surface area (Å²) in [4.78, 5) is 49.2. The molecule has 1 rings (SSSR count). The molecule has 0 bridgehead atoms. The molecule has 232 valence electrons. The van der Waals surface area contributed by atoms with Gasteiger partial charge in [0.1, 0.15) is 35.6 Å². The first-order valence-electron chi connectivity index (χ1n) is 13.4. The van der Waals surface area contributed by atoms with Crippen molar-refractivity contribution in [2.75, 3.05) is 0 Å². The maximum Gasteiger partial charge on any atom is 0.514 e. The van der Waals surface area contributed by atoms with Gasteiger partial charge in [0, 0.05) is 0 Å². The molecule has 1 aromatic carbocycles. The highest BCUT2D eigenvalue weighted by Crippen LogP contribution is 2.31. The Morgan fingerprint density at radius 2 is 1.15 bits per heavy atom. The number of carbonyl (C=O) groups excluding carboxylic acids is 4. The summed E-state index contributed by atoms with van der Waals surface area (Å²) >= 11 is 0. The van der Waals surface area contributed by atoms with Gasteiger partial charge in [-0.1, -0.05) is 19.9 Å². The first-order valence-corrected chi connectivity index (χ1v) is 13.4. The van der Waals surface area contributed by atoms with Gasteiger partial charge in [-0.15, -0.1) is 0 Å². The molecule has 41 heavy (non-hydrogen) atoms. The van der Waals surface area contributed by atoms with Crippen molar-refractivity contribution < 1.29 is 52.3 Å². The zero-order valence-corrected chi connectivity index (χ0v) is 25.9. The monoisotopic (exact) mass is 583 g/mol. The van der Waals surface area contributed by atoms with Gasteiger partial charge in [-0.2, -0.15) is 0 Å². The number of carbonyl (C=O) groups is 4. The molecule has 0 aliphatic carbocycles. The van der Waals surface area contributed by atoms with Crippen LogP contribution in [0.25, 0.3) is 0 Å². The van der Waals surface area contributed by atoms with Crippen LogP contribution in [-0.2, 0) is 34.9 Å². The summed E-state index contributed by atoms with van der Waals surface area (Å²) in [5.41, 5.74) is 4.89. The van der Waals surface area contributed by atoms with Gasteiger partial charge in [-0.3, -0.25) is 4.79 Å². The summed E-state index contributed by atoms with van der Waals surface area (Å²) in [6.07, 6.45) is -4.87. The van der Waals surface area contributed by atoms with Crippen LogP contribution in [0.5, 0.6) is 11.5 Å². The first-order chi connectivity index (χ1) is 18.7. The normalized spacial score (nSPS) is 14.7. The highest BCUT2D eigenvalue weighted by molar-refractivity contribution is 5.76. The smallest absolute Gasteiger partial charge is 0.458 e. The van der Waals surface area contributed by atoms with Gasteiger partial charge in [-0.25, -0.2) is 14.4 Å². The molecule has 12 nitrogen and oxygen atoms in total. The highest BCUT2D eigenvalue weighted by atomic mass is 16.8. The predicted octanol–water partition coefficient (Wildman–Crippen LogP) is 5.70. The minimum Gasteiger partial charge on any atom is -0.458 e. The van der Waals surface area contributed by atoms with E-state index >= 15 is 0 Å². The fourth-order valence-electron chi connectivity index (χ4n) is 2.83. The summed E-state index contributed by atoms with van der Waals surface area (Å²) in [5, 5.41) is 0. The molecular formula is C29H45NO11. The summed E-state index contributed by atoms with van der Waals surface area (Å²) in [6, 6.07) is 3.18. The Balaban J connectivity index is 2.95. The van der Waals surface area contributed by atoms with Gasteiger partial charge in [0.05, 0.1) is 0 Å². The van der Waals surface area contributed by atoms with Gasteiger partial charge in [0.25, 0.3) is 0 Å². The zero-order valence-electron chi connectivity index (χ0n) is 25.9. The van der Waals surface area contributed by atoms with E-state index in [4.69, 9.17) is 38.9 Å². The highest BCUT2D eigenvalue weighted by Gasteiger charge is 2.27. The lowest BCUT2D eigenvalue weighted by Gasteiger charge is -2.23. The molecular weight excluding hydrogens is 538 g/mol. The third-order valence-electron chi connectivity index (χ3n) is 5.40. The molecule has 0 radical (unpaired) electrons. The molecule has 12 heteroatoms. The second kappa shape index (κ2) is 14.9. The second-order valence-electron chi connectivity index (χ2n) is 12.0. The van der Waals surface area contributed by atoms with E-state index in [9.17, 15) is 19.2 Å². The van der Waals surface area contributed by atoms with Gasteiger partial charge >= 0.3 is 24.4 Å². The average molecular weight is 584 g/mol.